The van der Waals surface area contributed by atoms with E-state index in [1.54, 1.807) is 18.3 Å². The monoisotopic (exact) mass is 511 g/mol. The molecule has 188 valence electrons. The van der Waals surface area contributed by atoms with Crippen molar-refractivity contribution in [3.63, 3.8) is 0 Å². The van der Waals surface area contributed by atoms with E-state index >= 15 is 0 Å². The van der Waals surface area contributed by atoms with E-state index in [1.807, 2.05) is 59.1 Å². The van der Waals surface area contributed by atoms with Gasteiger partial charge in [-0.15, -0.1) is 0 Å². The molecule has 2 N–H and O–H groups in total. The number of aromatic nitrogens is 6. The molecule has 0 spiro atoms. The first-order valence-corrected chi connectivity index (χ1v) is 12.6. The van der Waals surface area contributed by atoms with Gasteiger partial charge in [0.15, 0.2) is 0 Å². The van der Waals surface area contributed by atoms with Gasteiger partial charge in [-0.3, -0.25) is 4.40 Å². The minimum absolute atomic E-state index is 0.299. The number of fused-ring (bicyclic) bond motifs is 2. The van der Waals surface area contributed by atoms with E-state index in [1.165, 1.54) is 17.7 Å². The van der Waals surface area contributed by atoms with Gasteiger partial charge in [-0.05, 0) is 60.2 Å². The Bertz CT molecular complexity index is 1920. The molecule has 0 unspecified atom stereocenters. The van der Waals surface area contributed by atoms with Gasteiger partial charge in [0.1, 0.15) is 17.3 Å². The van der Waals surface area contributed by atoms with Crippen LogP contribution in [0, 0.1) is 5.82 Å². The van der Waals surface area contributed by atoms with Crippen LogP contribution in [0.25, 0.3) is 39.3 Å². The normalized spacial score (nSPS) is 11.3. The van der Waals surface area contributed by atoms with Crippen LogP contribution in [0.15, 0.2) is 109 Å². The third kappa shape index (κ3) is 4.48. The number of benzene rings is 3. The number of aromatic amines is 1. The third-order valence-corrected chi connectivity index (χ3v) is 6.55. The average Bonchev–Trinajstić information content (AvgIpc) is 3.55. The quantitative estimate of drug-likeness (QED) is 0.256. The molecule has 3 aromatic carbocycles. The van der Waals surface area contributed by atoms with E-state index in [9.17, 15) is 4.39 Å². The fourth-order valence-electron chi connectivity index (χ4n) is 4.73. The van der Waals surface area contributed by atoms with Gasteiger partial charge in [0.05, 0.1) is 28.1 Å². The zero-order valence-electron chi connectivity index (χ0n) is 20.7. The summed E-state index contributed by atoms with van der Waals surface area (Å²) in [6.07, 6.45) is 4.41. The predicted octanol–water partition coefficient (Wildman–Crippen LogP) is 6.81. The molecule has 0 saturated heterocycles. The fourth-order valence-corrected chi connectivity index (χ4v) is 4.73. The summed E-state index contributed by atoms with van der Waals surface area (Å²) in [6.45, 7) is 0. The second-order valence-corrected chi connectivity index (χ2v) is 9.21. The number of anilines is 2. The van der Waals surface area contributed by atoms with E-state index in [0.29, 0.717) is 17.3 Å². The van der Waals surface area contributed by atoms with Crippen molar-refractivity contribution in [1.29, 1.82) is 0 Å². The number of pyridine rings is 1. The lowest BCUT2D eigenvalue weighted by atomic mass is 10.1. The van der Waals surface area contributed by atoms with Gasteiger partial charge in [-0.1, -0.05) is 42.5 Å². The number of hydrogen-bond acceptors (Lipinski definition) is 5. The molecule has 0 fully saturated rings. The lowest BCUT2D eigenvalue weighted by Gasteiger charge is -2.08. The highest BCUT2D eigenvalue weighted by molar-refractivity contribution is 5.87. The molecule has 7 aromatic rings. The van der Waals surface area contributed by atoms with Gasteiger partial charge >= 0.3 is 0 Å². The SMILES string of the molecule is Fc1ccc(Nc2nccc(-c3c(-c4ccc5[nH]c(Cc6ccccc6)nc5c4)nc4ccccn34)n2)cc1. The first-order chi connectivity index (χ1) is 19.2. The minimum atomic E-state index is -0.299. The third-order valence-electron chi connectivity index (χ3n) is 6.55. The van der Waals surface area contributed by atoms with Crippen molar-refractivity contribution >= 4 is 28.3 Å². The molecule has 0 radical (unpaired) electrons. The van der Waals surface area contributed by atoms with Gasteiger partial charge in [0.25, 0.3) is 0 Å². The topological polar surface area (TPSA) is 83.8 Å². The van der Waals surface area contributed by atoms with Crippen molar-refractivity contribution in [2.24, 2.45) is 0 Å². The molecule has 7 nitrogen and oxygen atoms in total. The van der Waals surface area contributed by atoms with Crippen LogP contribution in [-0.4, -0.2) is 29.3 Å². The number of H-pyrrole nitrogens is 1. The van der Waals surface area contributed by atoms with Crippen LogP contribution in [-0.2, 0) is 6.42 Å². The Morgan fingerprint density at radius 1 is 0.821 bits per heavy atom. The number of hydrogen-bond donors (Lipinski definition) is 2. The molecule has 0 amide bonds. The van der Waals surface area contributed by atoms with Gasteiger partial charge in [-0.2, -0.15) is 0 Å². The Labute approximate surface area is 223 Å². The average molecular weight is 512 g/mol. The highest BCUT2D eigenvalue weighted by Gasteiger charge is 2.18. The molecule has 8 heteroatoms. The summed E-state index contributed by atoms with van der Waals surface area (Å²) in [7, 11) is 0. The molecule has 0 aliphatic rings. The van der Waals surface area contributed by atoms with Gasteiger partial charge < -0.3 is 10.3 Å². The molecule has 4 heterocycles. The Balaban J connectivity index is 1.30. The molecule has 0 atom stereocenters. The zero-order valence-corrected chi connectivity index (χ0v) is 20.7. The zero-order chi connectivity index (χ0) is 26.2. The lowest BCUT2D eigenvalue weighted by molar-refractivity contribution is 0.628. The molecule has 4 aromatic heterocycles. The van der Waals surface area contributed by atoms with Crippen LogP contribution < -0.4 is 5.32 Å². The van der Waals surface area contributed by atoms with E-state index < -0.39 is 0 Å². The van der Waals surface area contributed by atoms with Crippen molar-refractivity contribution in [2.75, 3.05) is 5.32 Å². The Kier molecular flexibility index (Phi) is 5.55. The van der Waals surface area contributed by atoms with Crippen molar-refractivity contribution in [1.82, 2.24) is 29.3 Å². The summed E-state index contributed by atoms with van der Waals surface area (Å²) in [5, 5.41) is 3.15. The Morgan fingerprint density at radius 2 is 1.67 bits per heavy atom. The summed E-state index contributed by atoms with van der Waals surface area (Å²) in [5.41, 5.74) is 7.83. The molecule has 0 saturated carbocycles. The van der Waals surface area contributed by atoms with E-state index in [4.69, 9.17) is 15.0 Å². The number of rotatable bonds is 6. The molecule has 0 bridgehead atoms. The van der Waals surface area contributed by atoms with Crippen LogP contribution in [0.5, 0.6) is 0 Å². The van der Waals surface area contributed by atoms with E-state index in [2.05, 4.69) is 39.6 Å². The minimum Gasteiger partial charge on any atom is -0.342 e. The standard InChI is InChI=1S/C31H22FN7/c32-22-10-12-23(13-11-22)34-31-33-16-15-25(37-31)30-29(38-28-8-4-5-17-39(28)30)21-9-14-24-26(19-21)36-27(35-24)18-20-6-2-1-3-7-20/h1-17,19H,18H2,(H,35,36)(H,33,34,37). The van der Waals surface area contributed by atoms with Crippen molar-refractivity contribution in [3.05, 3.63) is 127 Å². The lowest BCUT2D eigenvalue weighted by Crippen LogP contribution is -1.99. The summed E-state index contributed by atoms with van der Waals surface area (Å²) >= 11 is 0. The summed E-state index contributed by atoms with van der Waals surface area (Å²) in [4.78, 5) is 22.4. The van der Waals surface area contributed by atoms with Gasteiger partial charge in [0, 0.05) is 30.1 Å². The first kappa shape index (κ1) is 22.8. The van der Waals surface area contributed by atoms with E-state index in [0.717, 1.165) is 45.9 Å². The van der Waals surface area contributed by atoms with Gasteiger partial charge in [-0.25, -0.2) is 24.3 Å². The van der Waals surface area contributed by atoms with Gasteiger partial charge in [0.2, 0.25) is 5.95 Å². The second kappa shape index (κ2) is 9.50. The summed E-state index contributed by atoms with van der Waals surface area (Å²) < 4.78 is 15.4. The van der Waals surface area contributed by atoms with Crippen LogP contribution in [0.4, 0.5) is 16.0 Å². The number of halogens is 1. The second-order valence-electron chi connectivity index (χ2n) is 9.21. The van der Waals surface area contributed by atoms with Crippen molar-refractivity contribution < 1.29 is 4.39 Å². The summed E-state index contributed by atoms with van der Waals surface area (Å²) in [6, 6.07) is 30.3. The molecule has 0 aliphatic heterocycles. The maximum absolute atomic E-state index is 13.4. The Hall–Kier alpha value is -5.37. The summed E-state index contributed by atoms with van der Waals surface area (Å²) in [5.74, 6) is 1.02. The largest absolute Gasteiger partial charge is 0.342 e. The van der Waals surface area contributed by atoms with E-state index in [-0.39, 0.29) is 5.82 Å². The Morgan fingerprint density at radius 3 is 2.54 bits per heavy atom. The van der Waals surface area contributed by atoms with Crippen LogP contribution in [0.3, 0.4) is 0 Å². The predicted molar refractivity (Wildman–Crippen MR) is 150 cm³/mol. The number of nitrogens with zero attached hydrogens (tertiary/aromatic N) is 5. The van der Waals surface area contributed by atoms with Crippen LogP contribution in [0.1, 0.15) is 11.4 Å². The van der Waals surface area contributed by atoms with Crippen LogP contribution in [0.2, 0.25) is 0 Å². The first-order valence-electron chi connectivity index (χ1n) is 12.6. The smallest absolute Gasteiger partial charge is 0.227 e. The highest BCUT2D eigenvalue weighted by Crippen LogP contribution is 2.33. The molecule has 0 aliphatic carbocycles. The highest BCUT2D eigenvalue weighted by atomic mass is 19.1. The molecule has 39 heavy (non-hydrogen) atoms. The fraction of sp³-hybridized carbons (Fsp3) is 0.0323. The molecule has 7 rings (SSSR count). The van der Waals surface area contributed by atoms with Crippen LogP contribution >= 0.6 is 0 Å². The maximum Gasteiger partial charge on any atom is 0.227 e. The molecular weight excluding hydrogens is 489 g/mol. The molecular formula is C31H22FN7. The number of imidazole rings is 2. The van der Waals surface area contributed by atoms with Crippen molar-refractivity contribution in [3.8, 4) is 22.6 Å². The van der Waals surface area contributed by atoms with Crippen molar-refractivity contribution in [2.45, 2.75) is 6.42 Å². The maximum atomic E-state index is 13.4. The number of nitrogens with one attached hydrogen (secondary N) is 2.